The number of aromatic nitrogens is 1. The number of amides is 1. The SMILES string of the molecule is CN=C/C(=C(/C)N)c1ccc(NC(=O)c2c(F)cncc2F)c(F)c1F. The van der Waals surface area contributed by atoms with Gasteiger partial charge in [-0.05, 0) is 19.1 Å². The number of nitrogens with two attached hydrogens (primary N) is 1. The number of anilines is 1. The van der Waals surface area contributed by atoms with Gasteiger partial charge in [-0.2, -0.15) is 0 Å². The number of carbonyl (C=O) groups is 1. The van der Waals surface area contributed by atoms with Crippen LogP contribution >= 0.6 is 0 Å². The van der Waals surface area contributed by atoms with Gasteiger partial charge in [0, 0.05) is 30.1 Å². The number of nitrogens with zero attached hydrogens (tertiary/aromatic N) is 2. The third-order valence-corrected chi connectivity index (χ3v) is 3.38. The Hall–Kier alpha value is -3.23. The van der Waals surface area contributed by atoms with Gasteiger partial charge in [0.1, 0.15) is 5.56 Å². The van der Waals surface area contributed by atoms with Crippen LogP contribution in [0.4, 0.5) is 23.2 Å². The summed E-state index contributed by atoms with van der Waals surface area (Å²) in [4.78, 5) is 19.0. The van der Waals surface area contributed by atoms with Gasteiger partial charge in [-0.3, -0.25) is 14.8 Å². The molecule has 0 fully saturated rings. The highest BCUT2D eigenvalue weighted by molar-refractivity contribution is 6.11. The van der Waals surface area contributed by atoms with E-state index in [-0.39, 0.29) is 16.8 Å². The molecule has 0 saturated heterocycles. The van der Waals surface area contributed by atoms with Crippen molar-refractivity contribution in [3.8, 4) is 0 Å². The van der Waals surface area contributed by atoms with Gasteiger partial charge in [0.05, 0.1) is 18.1 Å². The first-order valence-electron chi connectivity index (χ1n) is 7.25. The number of hydrogen-bond acceptors (Lipinski definition) is 4. The zero-order valence-electron chi connectivity index (χ0n) is 13.8. The number of aliphatic imine (C=N–C) groups is 1. The molecule has 0 aliphatic carbocycles. The molecule has 3 N–H and O–H groups in total. The Morgan fingerprint density at radius 2 is 1.77 bits per heavy atom. The van der Waals surface area contributed by atoms with Crippen molar-refractivity contribution in [2.75, 3.05) is 12.4 Å². The molecule has 136 valence electrons. The van der Waals surface area contributed by atoms with Gasteiger partial charge in [0.2, 0.25) is 0 Å². The lowest BCUT2D eigenvalue weighted by molar-refractivity contribution is 0.101. The molecule has 0 saturated carbocycles. The predicted octanol–water partition coefficient (Wildman–Crippen LogP) is 3.28. The highest BCUT2D eigenvalue weighted by Crippen LogP contribution is 2.26. The summed E-state index contributed by atoms with van der Waals surface area (Å²) in [5, 5.41) is 1.93. The third kappa shape index (κ3) is 3.71. The quantitative estimate of drug-likeness (QED) is 0.644. The fourth-order valence-corrected chi connectivity index (χ4v) is 2.18. The van der Waals surface area contributed by atoms with Crippen molar-refractivity contribution in [2.45, 2.75) is 6.92 Å². The molecular formula is C17H14F4N4O. The Kier molecular flexibility index (Phi) is 5.71. The minimum absolute atomic E-state index is 0.160. The number of rotatable bonds is 4. The average molecular weight is 366 g/mol. The van der Waals surface area contributed by atoms with Crippen LogP contribution in [0.25, 0.3) is 5.57 Å². The Balaban J connectivity index is 2.43. The van der Waals surface area contributed by atoms with E-state index in [9.17, 15) is 22.4 Å². The lowest BCUT2D eigenvalue weighted by Crippen LogP contribution is -2.17. The molecule has 1 amide bonds. The summed E-state index contributed by atoms with van der Waals surface area (Å²) in [6, 6.07) is 2.22. The van der Waals surface area contributed by atoms with Gasteiger partial charge in [0.15, 0.2) is 23.3 Å². The molecule has 0 spiro atoms. The van der Waals surface area contributed by atoms with Crippen LogP contribution < -0.4 is 11.1 Å². The van der Waals surface area contributed by atoms with Crippen molar-refractivity contribution in [1.82, 2.24) is 4.98 Å². The number of allylic oxidation sites excluding steroid dienone is 2. The van der Waals surface area contributed by atoms with E-state index in [1.165, 1.54) is 26.3 Å². The number of hydrogen-bond donors (Lipinski definition) is 2. The minimum atomic E-state index is -1.41. The zero-order chi connectivity index (χ0) is 19.4. The summed E-state index contributed by atoms with van der Waals surface area (Å²) < 4.78 is 55.8. The van der Waals surface area contributed by atoms with Crippen molar-refractivity contribution >= 4 is 23.4 Å². The van der Waals surface area contributed by atoms with E-state index >= 15 is 0 Å². The van der Waals surface area contributed by atoms with Crippen molar-refractivity contribution in [3.05, 3.63) is 64.6 Å². The van der Waals surface area contributed by atoms with Crippen molar-refractivity contribution in [1.29, 1.82) is 0 Å². The lowest BCUT2D eigenvalue weighted by atomic mass is 10.0. The molecule has 2 aromatic rings. The molecule has 0 aliphatic rings. The van der Waals surface area contributed by atoms with Crippen LogP contribution in [-0.2, 0) is 0 Å². The van der Waals surface area contributed by atoms with Gasteiger partial charge in [-0.15, -0.1) is 0 Å². The normalized spacial score (nSPS) is 12.2. The van der Waals surface area contributed by atoms with E-state index in [1.54, 1.807) is 0 Å². The molecule has 0 unspecified atom stereocenters. The monoisotopic (exact) mass is 366 g/mol. The fraction of sp³-hybridized carbons (Fsp3) is 0.118. The number of pyridine rings is 1. The first-order valence-corrected chi connectivity index (χ1v) is 7.25. The summed E-state index contributed by atoms with van der Waals surface area (Å²) in [6.45, 7) is 1.49. The second-order valence-corrected chi connectivity index (χ2v) is 5.20. The van der Waals surface area contributed by atoms with Crippen molar-refractivity contribution < 1.29 is 22.4 Å². The van der Waals surface area contributed by atoms with Gasteiger partial charge in [-0.1, -0.05) is 0 Å². The van der Waals surface area contributed by atoms with Crippen LogP contribution in [0.1, 0.15) is 22.8 Å². The van der Waals surface area contributed by atoms with Gasteiger partial charge in [0.25, 0.3) is 5.91 Å². The maximum Gasteiger partial charge on any atom is 0.261 e. The summed E-state index contributed by atoms with van der Waals surface area (Å²) in [5.74, 6) is -6.45. The van der Waals surface area contributed by atoms with Gasteiger partial charge in [-0.25, -0.2) is 17.6 Å². The Bertz CT molecular complexity index is 901. The maximum absolute atomic E-state index is 14.4. The number of halogens is 4. The summed E-state index contributed by atoms with van der Waals surface area (Å²) >= 11 is 0. The highest BCUT2D eigenvalue weighted by Gasteiger charge is 2.22. The predicted molar refractivity (Wildman–Crippen MR) is 89.7 cm³/mol. The van der Waals surface area contributed by atoms with Crippen molar-refractivity contribution in [2.24, 2.45) is 10.7 Å². The highest BCUT2D eigenvalue weighted by atomic mass is 19.2. The lowest BCUT2D eigenvalue weighted by Gasteiger charge is -2.12. The summed E-state index contributed by atoms with van der Waals surface area (Å²) in [7, 11) is 1.43. The standard InChI is InChI=1S/C17H14F4N4O/c1-8(22)10(5-23-2)9-3-4-13(16(21)15(9)20)25-17(26)14-11(18)6-24-7-12(14)19/h3-7H,22H2,1-2H3,(H,25,26)/b10-8+,23-5?. The van der Waals surface area contributed by atoms with Gasteiger partial charge >= 0.3 is 0 Å². The van der Waals surface area contributed by atoms with Crippen LogP contribution in [0.2, 0.25) is 0 Å². The van der Waals surface area contributed by atoms with E-state index in [0.29, 0.717) is 12.4 Å². The van der Waals surface area contributed by atoms with Crippen LogP contribution in [0.15, 0.2) is 35.2 Å². The second kappa shape index (κ2) is 7.77. The maximum atomic E-state index is 14.4. The third-order valence-electron chi connectivity index (χ3n) is 3.38. The van der Waals surface area contributed by atoms with E-state index in [2.05, 4.69) is 9.98 Å². The Labute approximate surface area is 146 Å². The molecule has 5 nitrogen and oxygen atoms in total. The fourth-order valence-electron chi connectivity index (χ4n) is 2.18. The summed E-state index contributed by atoms with van der Waals surface area (Å²) in [5.41, 5.74) is 4.28. The Morgan fingerprint density at radius 3 is 2.31 bits per heavy atom. The first-order chi connectivity index (χ1) is 12.3. The molecule has 2 rings (SSSR count). The second-order valence-electron chi connectivity index (χ2n) is 5.20. The number of carbonyl (C=O) groups excluding carboxylic acids is 1. The molecule has 0 radical (unpaired) electrons. The van der Waals surface area contributed by atoms with E-state index < -0.39 is 40.4 Å². The minimum Gasteiger partial charge on any atom is -0.402 e. The van der Waals surface area contributed by atoms with E-state index in [1.807, 2.05) is 5.32 Å². The molecule has 26 heavy (non-hydrogen) atoms. The molecule has 9 heteroatoms. The molecule has 1 aromatic carbocycles. The zero-order valence-corrected chi connectivity index (χ0v) is 13.8. The van der Waals surface area contributed by atoms with Crippen LogP contribution in [0.5, 0.6) is 0 Å². The smallest absolute Gasteiger partial charge is 0.261 e. The van der Waals surface area contributed by atoms with Crippen LogP contribution in [-0.4, -0.2) is 24.2 Å². The summed E-state index contributed by atoms with van der Waals surface area (Å²) in [6.07, 6.45) is 2.51. The number of benzene rings is 1. The molecular weight excluding hydrogens is 352 g/mol. The topological polar surface area (TPSA) is 80.4 Å². The van der Waals surface area contributed by atoms with Gasteiger partial charge < -0.3 is 11.1 Å². The largest absolute Gasteiger partial charge is 0.402 e. The Morgan fingerprint density at radius 1 is 1.15 bits per heavy atom. The van der Waals surface area contributed by atoms with E-state index in [4.69, 9.17) is 5.73 Å². The molecule has 0 bridgehead atoms. The van der Waals surface area contributed by atoms with Crippen LogP contribution in [0.3, 0.4) is 0 Å². The van der Waals surface area contributed by atoms with E-state index in [0.717, 1.165) is 6.07 Å². The molecule has 1 aromatic heterocycles. The van der Waals surface area contributed by atoms with Crippen LogP contribution in [0, 0.1) is 23.3 Å². The molecule has 1 heterocycles. The molecule has 0 aliphatic heterocycles. The molecule has 0 atom stereocenters. The average Bonchev–Trinajstić information content (AvgIpc) is 2.57. The first kappa shape index (κ1) is 19.1. The van der Waals surface area contributed by atoms with Crippen molar-refractivity contribution in [3.63, 3.8) is 0 Å². The number of nitrogens with one attached hydrogen (secondary N) is 1.